The molecule has 5 heteroatoms. The maximum atomic E-state index is 12.0. The Hall–Kier alpha value is -0.910. The predicted molar refractivity (Wildman–Crippen MR) is 79.1 cm³/mol. The Bertz CT molecular complexity index is 469. The third kappa shape index (κ3) is 6.71. The lowest BCUT2D eigenvalue weighted by Gasteiger charge is -2.24. The number of rotatable bonds is 8. The van der Waals surface area contributed by atoms with Crippen molar-refractivity contribution in [3.8, 4) is 0 Å². The molecule has 0 unspecified atom stereocenters. The highest BCUT2D eigenvalue weighted by Crippen LogP contribution is 2.21. The summed E-state index contributed by atoms with van der Waals surface area (Å²) in [7, 11) is -3.27. The minimum absolute atomic E-state index is 0.0286. The molecular formula is C14H24N2O2S. The van der Waals surface area contributed by atoms with Crippen LogP contribution < -0.4 is 10.5 Å². The number of nitrogens with two attached hydrogens (primary N) is 1. The Labute approximate surface area is 116 Å². The van der Waals surface area contributed by atoms with Crippen LogP contribution in [0, 0.1) is 5.41 Å². The van der Waals surface area contributed by atoms with Crippen LogP contribution in [0.3, 0.4) is 0 Å². The molecule has 0 aliphatic carbocycles. The second-order valence-corrected chi connectivity index (χ2v) is 7.43. The first kappa shape index (κ1) is 16.1. The van der Waals surface area contributed by atoms with E-state index in [1.807, 2.05) is 44.2 Å². The van der Waals surface area contributed by atoms with Crippen molar-refractivity contribution in [3.63, 3.8) is 0 Å². The van der Waals surface area contributed by atoms with Gasteiger partial charge >= 0.3 is 0 Å². The summed E-state index contributed by atoms with van der Waals surface area (Å²) in [6.07, 6.45) is 1.82. The molecule has 0 radical (unpaired) electrons. The molecule has 0 aromatic heterocycles. The summed E-state index contributed by atoms with van der Waals surface area (Å²) < 4.78 is 26.7. The molecular weight excluding hydrogens is 260 g/mol. The van der Waals surface area contributed by atoms with Crippen LogP contribution in [0.15, 0.2) is 30.3 Å². The quantitative estimate of drug-likeness (QED) is 0.765. The maximum Gasteiger partial charge on any atom is 0.215 e. The molecule has 1 aromatic rings. The largest absolute Gasteiger partial charge is 0.330 e. The monoisotopic (exact) mass is 284 g/mol. The molecule has 0 aliphatic heterocycles. The zero-order valence-electron chi connectivity index (χ0n) is 11.7. The van der Waals surface area contributed by atoms with E-state index < -0.39 is 10.0 Å². The smallest absolute Gasteiger partial charge is 0.215 e. The Morgan fingerprint density at radius 1 is 1.21 bits per heavy atom. The maximum absolute atomic E-state index is 12.0. The zero-order valence-corrected chi connectivity index (χ0v) is 12.5. The lowest BCUT2D eigenvalue weighted by atomic mass is 9.88. The summed E-state index contributed by atoms with van der Waals surface area (Å²) in [4.78, 5) is 0. The van der Waals surface area contributed by atoms with E-state index in [0.29, 0.717) is 13.1 Å². The van der Waals surface area contributed by atoms with Gasteiger partial charge in [0.05, 0.1) is 5.75 Å². The standard InChI is InChI=1S/C14H24N2O2S/c1-14(2,9-6-10-15)12-16-19(17,18)11-13-7-4-3-5-8-13/h3-5,7-8,16H,6,9-12,15H2,1-2H3. The van der Waals surface area contributed by atoms with E-state index in [9.17, 15) is 8.42 Å². The normalized spacial score (nSPS) is 12.6. The van der Waals surface area contributed by atoms with Gasteiger partial charge in [-0.05, 0) is 30.4 Å². The zero-order chi connectivity index (χ0) is 14.4. The van der Waals surface area contributed by atoms with Crippen molar-refractivity contribution in [3.05, 3.63) is 35.9 Å². The molecule has 0 fully saturated rings. The van der Waals surface area contributed by atoms with E-state index in [1.165, 1.54) is 0 Å². The van der Waals surface area contributed by atoms with Gasteiger partial charge < -0.3 is 5.73 Å². The molecule has 0 spiro atoms. The van der Waals surface area contributed by atoms with Crippen molar-refractivity contribution in [1.29, 1.82) is 0 Å². The van der Waals surface area contributed by atoms with Gasteiger partial charge in [0.2, 0.25) is 10.0 Å². The van der Waals surface area contributed by atoms with E-state index in [4.69, 9.17) is 5.73 Å². The summed E-state index contributed by atoms with van der Waals surface area (Å²) in [5.74, 6) is 0.0286. The Kier molecular flexibility index (Phi) is 5.97. The fourth-order valence-corrected chi connectivity index (χ4v) is 3.16. The molecule has 0 aliphatic rings. The summed E-state index contributed by atoms with van der Waals surface area (Å²) in [6, 6.07) is 9.20. The molecule has 0 saturated heterocycles. The minimum atomic E-state index is -3.27. The first-order valence-corrected chi connectivity index (χ1v) is 8.21. The molecule has 19 heavy (non-hydrogen) atoms. The number of hydrogen-bond acceptors (Lipinski definition) is 3. The number of nitrogens with one attached hydrogen (secondary N) is 1. The van der Waals surface area contributed by atoms with Crippen LogP contribution in [0.2, 0.25) is 0 Å². The Morgan fingerprint density at radius 2 is 1.84 bits per heavy atom. The van der Waals surface area contributed by atoms with E-state index in [2.05, 4.69) is 4.72 Å². The lowest BCUT2D eigenvalue weighted by Crippen LogP contribution is -2.35. The molecule has 0 bridgehead atoms. The van der Waals surface area contributed by atoms with Crippen molar-refractivity contribution < 1.29 is 8.42 Å². The van der Waals surface area contributed by atoms with Crippen molar-refractivity contribution in [2.45, 2.75) is 32.4 Å². The summed E-state index contributed by atoms with van der Waals surface area (Å²) in [6.45, 7) is 5.18. The molecule has 4 nitrogen and oxygen atoms in total. The van der Waals surface area contributed by atoms with Crippen molar-refractivity contribution in [1.82, 2.24) is 4.72 Å². The van der Waals surface area contributed by atoms with E-state index in [0.717, 1.165) is 18.4 Å². The van der Waals surface area contributed by atoms with Crippen LogP contribution in [-0.2, 0) is 15.8 Å². The van der Waals surface area contributed by atoms with Crippen molar-refractivity contribution in [2.75, 3.05) is 13.1 Å². The van der Waals surface area contributed by atoms with Gasteiger partial charge in [0.15, 0.2) is 0 Å². The van der Waals surface area contributed by atoms with Gasteiger partial charge in [-0.2, -0.15) is 0 Å². The molecule has 1 rings (SSSR count). The molecule has 108 valence electrons. The van der Waals surface area contributed by atoms with E-state index in [1.54, 1.807) is 0 Å². The third-order valence-electron chi connectivity index (χ3n) is 3.03. The third-order valence-corrected chi connectivity index (χ3v) is 4.33. The average molecular weight is 284 g/mol. The van der Waals surface area contributed by atoms with Crippen LogP contribution in [0.1, 0.15) is 32.3 Å². The molecule has 3 N–H and O–H groups in total. The highest BCUT2D eigenvalue weighted by Gasteiger charge is 2.20. The van der Waals surface area contributed by atoms with Crippen LogP contribution in [0.25, 0.3) is 0 Å². The first-order valence-electron chi connectivity index (χ1n) is 6.56. The van der Waals surface area contributed by atoms with E-state index >= 15 is 0 Å². The highest BCUT2D eigenvalue weighted by atomic mass is 32.2. The van der Waals surface area contributed by atoms with Gasteiger partial charge in [-0.1, -0.05) is 44.2 Å². The van der Waals surface area contributed by atoms with Gasteiger partial charge in [0, 0.05) is 6.54 Å². The SMILES string of the molecule is CC(C)(CCCN)CNS(=O)(=O)Cc1ccccc1. The Morgan fingerprint density at radius 3 is 2.42 bits per heavy atom. The Balaban J connectivity index is 2.51. The van der Waals surface area contributed by atoms with Gasteiger partial charge in [-0.3, -0.25) is 0 Å². The minimum Gasteiger partial charge on any atom is -0.330 e. The number of sulfonamides is 1. The van der Waals surface area contributed by atoms with Gasteiger partial charge in [-0.15, -0.1) is 0 Å². The molecule has 0 heterocycles. The van der Waals surface area contributed by atoms with Crippen LogP contribution >= 0.6 is 0 Å². The summed E-state index contributed by atoms with van der Waals surface area (Å²) in [5.41, 5.74) is 6.22. The van der Waals surface area contributed by atoms with Gasteiger partial charge in [-0.25, -0.2) is 13.1 Å². The molecule has 0 atom stereocenters. The molecule has 1 aromatic carbocycles. The first-order chi connectivity index (χ1) is 8.85. The molecule has 0 saturated carbocycles. The summed E-state index contributed by atoms with van der Waals surface area (Å²) in [5, 5.41) is 0. The number of benzene rings is 1. The second kappa shape index (κ2) is 7.03. The van der Waals surface area contributed by atoms with Crippen molar-refractivity contribution in [2.24, 2.45) is 11.1 Å². The highest BCUT2D eigenvalue weighted by molar-refractivity contribution is 7.88. The van der Waals surface area contributed by atoms with Crippen LogP contribution in [-0.4, -0.2) is 21.5 Å². The lowest BCUT2D eigenvalue weighted by molar-refractivity contribution is 0.327. The van der Waals surface area contributed by atoms with Crippen LogP contribution in [0.4, 0.5) is 0 Å². The number of hydrogen-bond donors (Lipinski definition) is 2. The van der Waals surface area contributed by atoms with E-state index in [-0.39, 0.29) is 11.2 Å². The van der Waals surface area contributed by atoms with Gasteiger partial charge in [0.25, 0.3) is 0 Å². The second-order valence-electron chi connectivity index (χ2n) is 5.62. The fourth-order valence-electron chi connectivity index (χ4n) is 1.82. The topological polar surface area (TPSA) is 72.2 Å². The van der Waals surface area contributed by atoms with Crippen molar-refractivity contribution >= 4 is 10.0 Å². The summed E-state index contributed by atoms with van der Waals surface area (Å²) >= 11 is 0. The predicted octanol–water partition coefficient (Wildman–Crippen LogP) is 1.87. The molecule has 0 amide bonds. The van der Waals surface area contributed by atoms with Gasteiger partial charge in [0.1, 0.15) is 0 Å². The average Bonchev–Trinajstić information content (AvgIpc) is 2.35. The fraction of sp³-hybridized carbons (Fsp3) is 0.571. The van der Waals surface area contributed by atoms with Crippen LogP contribution in [0.5, 0.6) is 0 Å².